The number of hydrogen-bond donors (Lipinski definition) is 1. The highest BCUT2D eigenvalue weighted by atomic mass is 16.5. The number of amides is 3. The number of hydrogen-bond acceptors (Lipinski definition) is 3. The quantitative estimate of drug-likeness (QED) is 0.804. The van der Waals surface area contributed by atoms with Crippen LogP contribution in [0.4, 0.5) is 4.79 Å². The molecule has 0 spiro atoms. The van der Waals surface area contributed by atoms with E-state index in [-0.39, 0.29) is 24.0 Å². The molecule has 0 bridgehead atoms. The van der Waals surface area contributed by atoms with Gasteiger partial charge in [0.2, 0.25) is 5.91 Å². The van der Waals surface area contributed by atoms with Crippen LogP contribution in [0.3, 0.4) is 0 Å². The van der Waals surface area contributed by atoms with Crippen molar-refractivity contribution in [2.75, 3.05) is 19.7 Å². The Morgan fingerprint density at radius 2 is 2.24 bits per heavy atom. The highest BCUT2D eigenvalue weighted by Gasteiger charge is 2.29. The molecule has 0 aliphatic carbocycles. The van der Waals surface area contributed by atoms with Crippen molar-refractivity contribution in [3.8, 4) is 0 Å². The van der Waals surface area contributed by atoms with E-state index in [9.17, 15) is 9.59 Å². The summed E-state index contributed by atoms with van der Waals surface area (Å²) in [7, 11) is 0. The minimum atomic E-state index is -0.260. The normalized spacial score (nSPS) is 30.3. The van der Waals surface area contributed by atoms with Crippen LogP contribution in [0.25, 0.3) is 0 Å². The van der Waals surface area contributed by atoms with Crippen LogP contribution < -0.4 is 5.32 Å². The van der Waals surface area contributed by atoms with E-state index >= 15 is 0 Å². The van der Waals surface area contributed by atoms with Crippen molar-refractivity contribution < 1.29 is 14.3 Å². The van der Waals surface area contributed by atoms with Crippen molar-refractivity contribution >= 4 is 11.9 Å². The molecule has 2 fully saturated rings. The van der Waals surface area contributed by atoms with Gasteiger partial charge >= 0.3 is 6.03 Å². The van der Waals surface area contributed by atoms with Gasteiger partial charge in [0.1, 0.15) is 0 Å². The van der Waals surface area contributed by atoms with Gasteiger partial charge in [0, 0.05) is 19.7 Å². The summed E-state index contributed by atoms with van der Waals surface area (Å²) in [4.78, 5) is 24.6. The third kappa shape index (κ3) is 3.19. The van der Waals surface area contributed by atoms with Crippen LogP contribution in [0.15, 0.2) is 0 Å². The average Bonchev–Trinajstić information content (AvgIpc) is 2.33. The van der Waals surface area contributed by atoms with Crippen LogP contribution in [-0.4, -0.2) is 42.6 Å². The van der Waals surface area contributed by atoms with Gasteiger partial charge in [-0.05, 0) is 25.7 Å². The van der Waals surface area contributed by atoms with E-state index in [1.807, 2.05) is 6.92 Å². The second-order valence-corrected chi connectivity index (χ2v) is 4.92. The lowest BCUT2D eigenvalue weighted by Gasteiger charge is -2.32. The van der Waals surface area contributed by atoms with Crippen molar-refractivity contribution in [2.24, 2.45) is 5.92 Å². The number of rotatable bonds is 3. The minimum Gasteiger partial charge on any atom is -0.378 e. The molecule has 96 valence electrons. The fourth-order valence-corrected chi connectivity index (χ4v) is 2.33. The molecule has 2 atom stereocenters. The molecule has 3 amide bonds. The molecular weight excluding hydrogens is 220 g/mol. The van der Waals surface area contributed by atoms with E-state index in [0.717, 1.165) is 25.9 Å². The van der Waals surface area contributed by atoms with Crippen LogP contribution >= 0.6 is 0 Å². The van der Waals surface area contributed by atoms with Gasteiger partial charge in [-0.15, -0.1) is 0 Å². The molecule has 17 heavy (non-hydrogen) atoms. The molecule has 5 nitrogen and oxygen atoms in total. The first-order valence-corrected chi connectivity index (χ1v) is 6.38. The highest BCUT2D eigenvalue weighted by molar-refractivity contribution is 5.97. The molecule has 2 saturated heterocycles. The summed E-state index contributed by atoms with van der Waals surface area (Å²) in [6.07, 6.45) is 4.60. The van der Waals surface area contributed by atoms with Crippen molar-refractivity contribution in [2.45, 2.75) is 38.7 Å². The second kappa shape index (κ2) is 5.49. The molecule has 2 aliphatic heterocycles. The van der Waals surface area contributed by atoms with Crippen molar-refractivity contribution in [1.29, 1.82) is 0 Å². The van der Waals surface area contributed by atoms with Gasteiger partial charge in [-0.25, -0.2) is 4.79 Å². The maximum absolute atomic E-state index is 11.6. The molecule has 5 heteroatoms. The molecule has 2 rings (SSSR count). The van der Waals surface area contributed by atoms with E-state index in [1.165, 1.54) is 6.42 Å². The van der Waals surface area contributed by atoms with Crippen molar-refractivity contribution in [3.05, 3.63) is 0 Å². The fraction of sp³-hybridized carbons (Fsp3) is 0.833. The fourth-order valence-electron chi connectivity index (χ4n) is 2.33. The largest absolute Gasteiger partial charge is 0.378 e. The van der Waals surface area contributed by atoms with Gasteiger partial charge in [-0.2, -0.15) is 0 Å². The van der Waals surface area contributed by atoms with Crippen LogP contribution in [0.5, 0.6) is 0 Å². The Morgan fingerprint density at radius 1 is 1.41 bits per heavy atom. The minimum absolute atomic E-state index is 0.111. The summed E-state index contributed by atoms with van der Waals surface area (Å²) >= 11 is 0. The SMILES string of the molecule is CC1CN(CCC2CCCCO2)C(=O)NC1=O. The van der Waals surface area contributed by atoms with Gasteiger partial charge in [0.05, 0.1) is 12.0 Å². The van der Waals surface area contributed by atoms with Gasteiger partial charge in [0.15, 0.2) is 0 Å². The summed E-state index contributed by atoms with van der Waals surface area (Å²) in [5, 5.41) is 2.37. The maximum atomic E-state index is 11.6. The Morgan fingerprint density at radius 3 is 2.94 bits per heavy atom. The third-order valence-corrected chi connectivity index (χ3v) is 3.45. The first-order chi connectivity index (χ1) is 8.16. The first kappa shape index (κ1) is 12.4. The zero-order chi connectivity index (χ0) is 12.3. The van der Waals surface area contributed by atoms with Gasteiger partial charge in [-0.3, -0.25) is 10.1 Å². The number of nitrogens with zero attached hydrogens (tertiary/aromatic N) is 1. The van der Waals surface area contributed by atoms with Crippen LogP contribution in [-0.2, 0) is 9.53 Å². The average molecular weight is 240 g/mol. The van der Waals surface area contributed by atoms with Crippen LogP contribution in [0.1, 0.15) is 32.6 Å². The zero-order valence-electron chi connectivity index (χ0n) is 10.3. The lowest BCUT2D eigenvalue weighted by Crippen LogP contribution is -2.54. The molecular formula is C12H20N2O3. The summed E-state index contributed by atoms with van der Waals surface area (Å²) < 4.78 is 5.63. The Hall–Kier alpha value is -1.10. The molecule has 2 aliphatic rings. The molecule has 0 aromatic carbocycles. The number of carbonyl (C=O) groups excluding carboxylic acids is 2. The van der Waals surface area contributed by atoms with E-state index in [4.69, 9.17) is 4.74 Å². The van der Waals surface area contributed by atoms with E-state index < -0.39 is 0 Å². The van der Waals surface area contributed by atoms with Crippen molar-refractivity contribution in [3.63, 3.8) is 0 Å². The number of urea groups is 1. The Balaban J connectivity index is 1.78. The maximum Gasteiger partial charge on any atom is 0.324 e. The zero-order valence-corrected chi connectivity index (χ0v) is 10.3. The first-order valence-electron chi connectivity index (χ1n) is 6.38. The molecule has 0 saturated carbocycles. The molecule has 1 N–H and O–H groups in total. The van der Waals surface area contributed by atoms with E-state index in [0.29, 0.717) is 13.1 Å². The van der Waals surface area contributed by atoms with E-state index in [1.54, 1.807) is 4.90 Å². The summed E-state index contributed by atoms with van der Waals surface area (Å²) in [5.74, 6) is -0.278. The van der Waals surface area contributed by atoms with Gasteiger partial charge in [-0.1, -0.05) is 6.92 Å². The lowest BCUT2D eigenvalue weighted by molar-refractivity contribution is -0.125. The van der Waals surface area contributed by atoms with Crippen LogP contribution in [0.2, 0.25) is 0 Å². The molecule has 0 aromatic rings. The Bertz CT molecular complexity index is 300. The van der Waals surface area contributed by atoms with Crippen molar-refractivity contribution in [1.82, 2.24) is 10.2 Å². The summed E-state index contributed by atoms with van der Waals surface area (Å²) in [6, 6.07) is -0.260. The molecule has 2 unspecified atom stereocenters. The summed E-state index contributed by atoms with van der Waals surface area (Å²) in [6.45, 7) is 3.88. The monoisotopic (exact) mass is 240 g/mol. The van der Waals surface area contributed by atoms with E-state index in [2.05, 4.69) is 5.32 Å². The predicted octanol–water partition coefficient (Wildman–Crippen LogP) is 1.13. The lowest BCUT2D eigenvalue weighted by atomic mass is 10.0. The topological polar surface area (TPSA) is 58.6 Å². The smallest absolute Gasteiger partial charge is 0.324 e. The molecule has 2 heterocycles. The third-order valence-electron chi connectivity index (χ3n) is 3.45. The predicted molar refractivity (Wildman–Crippen MR) is 62.5 cm³/mol. The standard InChI is InChI=1S/C12H20N2O3/c1-9-8-14(12(16)13-11(9)15)6-5-10-4-2-3-7-17-10/h9-10H,2-8H2,1H3,(H,13,15,16). The highest BCUT2D eigenvalue weighted by Crippen LogP contribution is 2.17. The number of nitrogens with one attached hydrogen (secondary N) is 1. The molecule has 0 aromatic heterocycles. The number of carbonyl (C=O) groups is 2. The number of ether oxygens (including phenoxy) is 1. The number of imide groups is 1. The van der Waals surface area contributed by atoms with Gasteiger partial charge < -0.3 is 9.64 Å². The Kier molecular flexibility index (Phi) is 3.99. The second-order valence-electron chi connectivity index (χ2n) is 4.92. The molecule has 0 radical (unpaired) electrons. The van der Waals surface area contributed by atoms with Gasteiger partial charge in [0.25, 0.3) is 0 Å². The van der Waals surface area contributed by atoms with Crippen LogP contribution in [0, 0.1) is 5.92 Å². The Labute approximate surface area is 101 Å². The summed E-state index contributed by atoms with van der Waals surface area (Å²) in [5.41, 5.74) is 0.